The van der Waals surface area contributed by atoms with Crippen LogP contribution in [0.25, 0.3) is 0 Å². The first-order valence-corrected chi connectivity index (χ1v) is 9.31. The number of amides is 1. The number of benzene rings is 1. The average Bonchev–Trinajstić information content (AvgIpc) is 2.87. The van der Waals surface area contributed by atoms with Gasteiger partial charge in [-0.1, -0.05) is 11.6 Å². The topological polar surface area (TPSA) is 68.6 Å². The van der Waals surface area contributed by atoms with Crippen LogP contribution in [-0.4, -0.2) is 46.8 Å². The Morgan fingerprint density at radius 2 is 1.71 bits per heavy atom. The molecule has 0 fully saturated rings. The van der Waals surface area contributed by atoms with Crippen molar-refractivity contribution in [3.05, 3.63) is 57.4 Å². The van der Waals surface area contributed by atoms with Crippen LogP contribution in [0.15, 0.2) is 24.3 Å². The molecule has 0 radical (unpaired) electrons. The molecule has 0 spiro atoms. The van der Waals surface area contributed by atoms with Crippen LogP contribution < -0.4 is 0 Å². The molecule has 1 aromatic heterocycles. The van der Waals surface area contributed by atoms with Crippen molar-refractivity contribution < 1.29 is 19.1 Å². The van der Waals surface area contributed by atoms with E-state index in [1.54, 1.807) is 49.7 Å². The molecule has 0 bridgehead atoms. The predicted octanol–water partition coefficient (Wildman–Crippen LogP) is 3.82. The van der Waals surface area contributed by atoms with Gasteiger partial charge in [-0.15, -0.1) is 0 Å². The Hall–Kier alpha value is -2.60. The van der Waals surface area contributed by atoms with Crippen molar-refractivity contribution in [1.82, 2.24) is 9.47 Å². The summed E-state index contributed by atoms with van der Waals surface area (Å²) in [5.41, 5.74) is 2.45. The number of nitrogens with zero attached hydrogens (tertiary/aromatic N) is 2. The number of ether oxygens (including phenoxy) is 1. The molecule has 28 heavy (non-hydrogen) atoms. The number of hydrogen-bond acceptors (Lipinski definition) is 4. The normalized spacial score (nSPS) is 10.9. The first kappa shape index (κ1) is 21.7. The third-order valence-corrected chi connectivity index (χ3v) is 5.13. The van der Waals surface area contributed by atoms with Crippen molar-refractivity contribution in [2.75, 3.05) is 13.7 Å². The van der Waals surface area contributed by atoms with Crippen LogP contribution in [0.4, 0.5) is 0 Å². The number of ketones is 1. The second-order valence-corrected chi connectivity index (χ2v) is 7.38. The van der Waals surface area contributed by atoms with Gasteiger partial charge in [-0.2, -0.15) is 0 Å². The molecule has 0 N–H and O–H groups in total. The minimum atomic E-state index is -0.500. The zero-order chi connectivity index (χ0) is 21.2. The number of halogens is 1. The van der Waals surface area contributed by atoms with Gasteiger partial charge in [0.1, 0.15) is 5.69 Å². The molecule has 0 atom stereocenters. The van der Waals surface area contributed by atoms with Crippen molar-refractivity contribution >= 4 is 29.3 Å². The number of methoxy groups -OCH3 is 1. The molecule has 0 saturated heterocycles. The molecule has 0 unspecified atom stereocenters. The van der Waals surface area contributed by atoms with E-state index in [0.29, 0.717) is 33.1 Å². The van der Waals surface area contributed by atoms with Gasteiger partial charge >= 0.3 is 5.97 Å². The maximum Gasteiger partial charge on any atom is 0.354 e. The summed E-state index contributed by atoms with van der Waals surface area (Å²) >= 11 is 5.89. The number of carbonyl (C=O) groups excluding carboxylic acids is 3. The molecule has 6 nitrogen and oxygen atoms in total. The molecule has 1 heterocycles. The predicted molar refractivity (Wildman–Crippen MR) is 108 cm³/mol. The quantitative estimate of drug-likeness (QED) is 0.542. The van der Waals surface area contributed by atoms with E-state index >= 15 is 0 Å². The van der Waals surface area contributed by atoms with Crippen LogP contribution in [0.3, 0.4) is 0 Å². The van der Waals surface area contributed by atoms with E-state index in [4.69, 9.17) is 16.3 Å². The summed E-state index contributed by atoms with van der Waals surface area (Å²) in [4.78, 5) is 39.6. The summed E-state index contributed by atoms with van der Waals surface area (Å²) in [6.45, 7) is 7.10. The number of hydrogen-bond donors (Lipinski definition) is 0. The lowest BCUT2D eigenvalue weighted by molar-refractivity contribution is 0.0588. The fourth-order valence-electron chi connectivity index (χ4n) is 3.26. The van der Waals surface area contributed by atoms with E-state index in [-0.39, 0.29) is 24.3 Å². The van der Waals surface area contributed by atoms with E-state index in [1.807, 2.05) is 13.8 Å². The Morgan fingerprint density at radius 1 is 1.14 bits per heavy atom. The molecule has 2 aromatic rings. The molecule has 0 aliphatic heterocycles. The molecule has 1 amide bonds. The van der Waals surface area contributed by atoms with Gasteiger partial charge < -0.3 is 14.2 Å². The Morgan fingerprint density at radius 3 is 2.21 bits per heavy atom. The van der Waals surface area contributed by atoms with Crippen LogP contribution >= 0.6 is 11.6 Å². The van der Waals surface area contributed by atoms with Crippen molar-refractivity contribution in [3.8, 4) is 0 Å². The second-order valence-electron chi connectivity index (χ2n) is 6.94. The summed E-state index contributed by atoms with van der Waals surface area (Å²) in [6.07, 6.45) is 0. The molecule has 0 aliphatic carbocycles. The average molecular weight is 405 g/mol. The summed E-state index contributed by atoms with van der Waals surface area (Å²) in [5, 5.41) is 0.537. The minimum Gasteiger partial charge on any atom is -0.464 e. The largest absolute Gasteiger partial charge is 0.464 e. The van der Waals surface area contributed by atoms with Gasteiger partial charge in [0.25, 0.3) is 5.91 Å². The van der Waals surface area contributed by atoms with Crippen LogP contribution in [0.5, 0.6) is 0 Å². The maximum atomic E-state index is 13.1. The Kier molecular flexibility index (Phi) is 6.67. The first-order chi connectivity index (χ1) is 13.1. The smallest absolute Gasteiger partial charge is 0.354 e. The highest BCUT2D eigenvalue weighted by Crippen LogP contribution is 2.23. The van der Waals surface area contributed by atoms with Crippen LogP contribution in [0, 0.1) is 13.8 Å². The van der Waals surface area contributed by atoms with Crippen molar-refractivity contribution in [1.29, 1.82) is 0 Å². The fourth-order valence-corrected chi connectivity index (χ4v) is 3.38. The SMILES string of the molecule is COC(=O)c1c(C)c(C(=O)CN(C(=O)c2ccc(Cl)cc2)C(C)C)c(C)n1C. The van der Waals surface area contributed by atoms with Gasteiger partial charge in [0.2, 0.25) is 0 Å². The van der Waals surface area contributed by atoms with E-state index in [9.17, 15) is 14.4 Å². The zero-order valence-electron chi connectivity index (χ0n) is 17.0. The van der Waals surface area contributed by atoms with Crippen LogP contribution in [0.2, 0.25) is 5.02 Å². The Balaban J connectivity index is 2.37. The number of esters is 1. The molecule has 7 heteroatoms. The molecular weight excluding hydrogens is 380 g/mol. The Labute approximate surface area is 170 Å². The lowest BCUT2D eigenvalue weighted by Gasteiger charge is -2.26. The lowest BCUT2D eigenvalue weighted by atomic mass is 10.0. The zero-order valence-corrected chi connectivity index (χ0v) is 17.8. The summed E-state index contributed by atoms with van der Waals surface area (Å²) < 4.78 is 6.47. The lowest BCUT2D eigenvalue weighted by Crippen LogP contribution is -2.41. The van der Waals surface area contributed by atoms with Gasteiger partial charge in [0.05, 0.1) is 13.7 Å². The van der Waals surface area contributed by atoms with Crippen molar-refractivity contribution in [3.63, 3.8) is 0 Å². The summed E-state index contributed by atoms with van der Waals surface area (Å²) in [6, 6.07) is 6.38. The van der Waals surface area contributed by atoms with E-state index in [1.165, 1.54) is 12.0 Å². The maximum absolute atomic E-state index is 13.1. The van der Waals surface area contributed by atoms with Crippen molar-refractivity contribution in [2.45, 2.75) is 33.7 Å². The van der Waals surface area contributed by atoms with Crippen LogP contribution in [-0.2, 0) is 11.8 Å². The Bertz CT molecular complexity index is 913. The van der Waals surface area contributed by atoms with Gasteiger partial charge in [-0.05, 0) is 57.5 Å². The molecular formula is C21H25ClN2O4. The monoisotopic (exact) mass is 404 g/mol. The molecule has 0 aliphatic rings. The van der Waals surface area contributed by atoms with Gasteiger partial charge in [-0.25, -0.2) is 4.79 Å². The number of aromatic nitrogens is 1. The van der Waals surface area contributed by atoms with Gasteiger partial charge in [0, 0.05) is 34.9 Å². The fraction of sp³-hybridized carbons (Fsp3) is 0.381. The summed E-state index contributed by atoms with van der Waals surface area (Å²) in [5.74, 6) is -0.976. The number of rotatable bonds is 6. The molecule has 0 saturated carbocycles. The minimum absolute atomic E-state index is 0.0918. The molecule has 150 valence electrons. The van der Waals surface area contributed by atoms with E-state index in [2.05, 4.69) is 0 Å². The van der Waals surface area contributed by atoms with Gasteiger partial charge in [-0.3, -0.25) is 9.59 Å². The summed E-state index contributed by atoms with van der Waals surface area (Å²) in [7, 11) is 3.02. The van der Waals surface area contributed by atoms with E-state index in [0.717, 1.165) is 0 Å². The first-order valence-electron chi connectivity index (χ1n) is 8.94. The number of Topliss-reactive ketones (excluding diaryl/α,β-unsaturated/α-hetero) is 1. The standard InChI is InChI=1S/C21H25ClN2O4/c1-12(2)24(20(26)15-7-9-16(22)10-8-15)11-17(25)18-13(3)19(21(27)28-6)23(5)14(18)4/h7-10,12H,11H2,1-6H3. The molecule has 2 rings (SSSR count). The third-order valence-electron chi connectivity index (χ3n) is 4.88. The van der Waals surface area contributed by atoms with Crippen molar-refractivity contribution in [2.24, 2.45) is 7.05 Å². The highest BCUT2D eigenvalue weighted by molar-refractivity contribution is 6.30. The highest BCUT2D eigenvalue weighted by atomic mass is 35.5. The number of carbonyl (C=O) groups is 3. The van der Waals surface area contributed by atoms with E-state index < -0.39 is 5.97 Å². The van der Waals surface area contributed by atoms with Crippen LogP contribution in [0.1, 0.15) is 56.3 Å². The molecule has 1 aromatic carbocycles. The van der Waals surface area contributed by atoms with Gasteiger partial charge in [0.15, 0.2) is 5.78 Å². The highest BCUT2D eigenvalue weighted by Gasteiger charge is 2.28. The second kappa shape index (κ2) is 8.61. The third kappa shape index (κ3) is 4.12.